The van der Waals surface area contributed by atoms with E-state index in [1.807, 2.05) is 22.6 Å². The van der Waals surface area contributed by atoms with Gasteiger partial charge in [0.15, 0.2) is 11.6 Å². The monoisotopic (exact) mass is 540 g/mol. The van der Waals surface area contributed by atoms with Crippen LogP contribution < -0.4 is 10.6 Å². The Kier molecular flexibility index (Phi) is 5.69. The lowest BCUT2D eigenvalue weighted by atomic mass is 9.96. The number of hydrogen-bond donors (Lipinski definition) is 2. The highest BCUT2D eigenvalue weighted by molar-refractivity contribution is 14.1. The molecule has 5 rings (SSSR count). The van der Waals surface area contributed by atoms with Gasteiger partial charge in [0, 0.05) is 28.1 Å². The molecule has 2 aliphatic rings. The van der Waals surface area contributed by atoms with E-state index in [4.69, 9.17) is 0 Å². The third kappa shape index (κ3) is 4.01. The Labute approximate surface area is 187 Å². The summed E-state index contributed by atoms with van der Waals surface area (Å²) >= 11 is 1.91. The summed E-state index contributed by atoms with van der Waals surface area (Å²) in [6, 6.07) is 9.06. The summed E-state index contributed by atoms with van der Waals surface area (Å²) in [6.07, 6.45) is 0.254. The van der Waals surface area contributed by atoms with E-state index in [0.717, 1.165) is 23.4 Å². The smallest absolute Gasteiger partial charge is 0.228 e. The molecule has 2 heterocycles. The summed E-state index contributed by atoms with van der Waals surface area (Å²) in [7, 11) is 0. The maximum absolute atomic E-state index is 13.9. The van der Waals surface area contributed by atoms with Crippen LogP contribution >= 0.6 is 22.6 Å². The first kappa shape index (κ1) is 21.3. The number of rotatable bonds is 1. The molecular weight excluding hydrogens is 527 g/mol. The molecule has 0 aromatic heterocycles. The fraction of sp³-hybridized carbons (Fsp3) is 0.0909. The van der Waals surface area contributed by atoms with Gasteiger partial charge in [-0.05, 0) is 58.5 Å². The van der Waals surface area contributed by atoms with Gasteiger partial charge in [0.2, 0.25) is 11.8 Å². The van der Waals surface area contributed by atoms with Gasteiger partial charge in [-0.2, -0.15) is 0 Å². The van der Waals surface area contributed by atoms with Crippen molar-refractivity contribution in [1.82, 2.24) is 0 Å². The molecule has 31 heavy (non-hydrogen) atoms. The summed E-state index contributed by atoms with van der Waals surface area (Å²) in [5, 5.41) is 5.20. The molecule has 3 aromatic carbocycles. The van der Waals surface area contributed by atoms with Crippen LogP contribution in [0.4, 0.5) is 28.9 Å². The molecule has 158 valence electrons. The van der Waals surface area contributed by atoms with Crippen molar-refractivity contribution in [2.24, 2.45) is 0 Å². The molecule has 2 aliphatic heterocycles. The molecule has 0 fully saturated rings. The zero-order valence-electron chi connectivity index (χ0n) is 15.7. The molecule has 2 N–H and O–H groups in total. The Morgan fingerprint density at radius 1 is 0.710 bits per heavy atom. The first-order chi connectivity index (χ1) is 14.8. The molecular formula is C22H13F4IN2O2. The largest absolute Gasteiger partial charge is 0.326 e. The van der Waals surface area contributed by atoms with Gasteiger partial charge in [0.25, 0.3) is 0 Å². The van der Waals surface area contributed by atoms with Crippen LogP contribution in [0.15, 0.2) is 42.5 Å². The molecule has 0 unspecified atom stereocenters. The second kappa shape index (κ2) is 8.29. The van der Waals surface area contributed by atoms with E-state index in [1.165, 1.54) is 24.3 Å². The number of halogens is 5. The van der Waals surface area contributed by atoms with Crippen LogP contribution in [0.2, 0.25) is 0 Å². The van der Waals surface area contributed by atoms with Crippen molar-refractivity contribution in [3.63, 3.8) is 0 Å². The van der Waals surface area contributed by atoms with Crippen molar-refractivity contribution >= 4 is 45.8 Å². The normalized spacial score (nSPS) is 13.7. The summed E-state index contributed by atoms with van der Waals surface area (Å²) < 4.78 is 54.5. The van der Waals surface area contributed by atoms with E-state index >= 15 is 0 Å². The van der Waals surface area contributed by atoms with E-state index in [1.54, 1.807) is 6.07 Å². The maximum Gasteiger partial charge on any atom is 0.228 e. The van der Waals surface area contributed by atoms with E-state index in [9.17, 15) is 27.2 Å². The molecule has 0 atom stereocenters. The van der Waals surface area contributed by atoms with Crippen LogP contribution in [0.1, 0.15) is 11.1 Å². The minimum Gasteiger partial charge on any atom is -0.326 e. The first-order valence-electron chi connectivity index (χ1n) is 9.08. The van der Waals surface area contributed by atoms with E-state index in [0.29, 0.717) is 21.2 Å². The molecule has 0 spiro atoms. The fourth-order valence-electron chi connectivity index (χ4n) is 3.50. The number of fused-ring (bicyclic) bond motifs is 2. The van der Waals surface area contributed by atoms with Crippen LogP contribution in [0.5, 0.6) is 0 Å². The van der Waals surface area contributed by atoms with Crippen molar-refractivity contribution < 1.29 is 27.2 Å². The number of carbonyl (C=O) groups excluding carboxylic acids is 2. The lowest BCUT2D eigenvalue weighted by Crippen LogP contribution is -2.03. The van der Waals surface area contributed by atoms with Gasteiger partial charge in [-0.3, -0.25) is 9.59 Å². The van der Waals surface area contributed by atoms with Crippen LogP contribution in [0.25, 0.3) is 11.1 Å². The first-order valence-corrected chi connectivity index (χ1v) is 10.2. The fourth-order valence-corrected chi connectivity index (χ4v) is 4.16. The zero-order chi connectivity index (χ0) is 22.3. The average Bonchev–Trinajstić information content (AvgIpc) is 3.30. The third-order valence-corrected chi connectivity index (χ3v) is 6.07. The molecule has 0 bridgehead atoms. The molecule has 2 amide bonds. The maximum atomic E-state index is 13.9. The van der Waals surface area contributed by atoms with E-state index < -0.39 is 17.5 Å². The summed E-state index contributed by atoms with van der Waals surface area (Å²) in [6.45, 7) is 0. The molecule has 0 aliphatic carbocycles. The van der Waals surface area contributed by atoms with Crippen LogP contribution in [0.3, 0.4) is 0 Å². The minimum atomic E-state index is -1.12. The molecule has 4 nitrogen and oxygen atoms in total. The minimum absolute atomic E-state index is 0.0433. The predicted octanol–water partition coefficient (Wildman–Crippen LogP) is 5.19. The number of hydrogen-bond acceptors (Lipinski definition) is 2. The molecule has 0 radical (unpaired) electrons. The van der Waals surface area contributed by atoms with Crippen molar-refractivity contribution in [2.75, 3.05) is 10.6 Å². The molecule has 0 saturated heterocycles. The molecule has 3 aromatic rings. The molecule has 0 saturated carbocycles. The van der Waals surface area contributed by atoms with Crippen molar-refractivity contribution in [1.29, 1.82) is 0 Å². The predicted molar refractivity (Wildman–Crippen MR) is 116 cm³/mol. The average molecular weight is 540 g/mol. The van der Waals surface area contributed by atoms with Crippen molar-refractivity contribution in [3.8, 4) is 11.1 Å². The highest BCUT2D eigenvalue weighted by atomic mass is 127. The molecule has 9 heteroatoms. The van der Waals surface area contributed by atoms with E-state index in [-0.39, 0.29) is 35.2 Å². The SMILES string of the molecule is O=C1Cc2c(ccc(F)c2-c2cccc(F)c2F)N1.O=C1Cc2c(ccc(F)c2I)N1. The summed E-state index contributed by atoms with van der Waals surface area (Å²) in [5.41, 5.74) is 2.07. The van der Waals surface area contributed by atoms with E-state index in [2.05, 4.69) is 10.6 Å². The van der Waals surface area contributed by atoms with Crippen molar-refractivity contribution in [2.45, 2.75) is 12.8 Å². The highest BCUT2D eigenvalue weighted by Gasteiger charge is 2.26. The standard InChI is InChI=1S/C14H8F3NO.C8H5FINO/c15-9-4-5-11-8(6-12(19)18-11)13(9)7-2-1-3-10(16)14(7)17;9-5-1-2-6-4(8(5)10)3-7(12)11-6/h1-5H,6H2,(H,18,19);1-2H,3H2,(H,11,12). The van der Waals surface area contributed by atoms with Gasteiger partial charge in [0.05, 0.1) is 16.4 Å². The number of carbonyl (C=O) groups is 2. The second-order valence-electron chi connectivity index (χ2n) is 6.89. The Bertz CT molecular complexity index is 1250. The lowest BCUT2D eigenvalue weighted by Gasteiger charge is -2.10. The summed E-state index contributed by atoms with van der Waals surface area (Å²) in [5.74, 6) is -3.46. The lowest BCUT2D eigenvalue weighted by molar-refractivity contribution is -0.115. The van der Waals surface area contributed by atoms with Gasteiger partial charge >= 0.3 is 0 Å². The Hall–Kier alpha value is -2.95. The van der Waals surface area contributed by atoms with Crippen LogP contribution in [-0.2, 0) is 22.4 Å². The number of anilines is 2. The van der Waals surface area contributed by atoms with Gasteiger partial charge < -0.3 is 10.6 Å². The van der Waals surface area contributed by atoms with Gasteiger partial charge in [0.1, 0.15) is 11.6 Å². The van der Waals surface area contributed by atoms with Gasteiger partial charge in [-0.1, -0.05) is 12.1 Å². The number of benzene rings is 3. The zero-order valence-corrected chi connectivity index (χ0v) is 17.8. The Morgan fingerprint density at radius 2 is 1.29 bits per heavy atom. The topological polar surface area (TPSA) is 58.2 Å². The van der Waals surface area contributed by atoms with Gasteiger partial charge in [-0.15, -0.1) is 0 Å². The highest BCUT2D eigenvalue weighted by Crippen LogP contribution is 2.37. The Morgan fingerprint density at radius 3 is 1.97 bits per heavy atom. The van der Waals surface area contributed by atoms with Gasteiger partial charge in [-0.25, -0.2) is 17.6 Å². The third-order valence-electron chi connectivity index (χ3n) is 4.90. The summed E-state index contributed by atoms with van der Waals surface area (Å²) in [4.78, 5) is 22.3. The second-order valence-corrected chi connectivity index (χ2v) is 7.97. The quantitative estimate of drug-likeness (QED) is 0.330. The van der Waals surface area contributed by atoms with Crippen LogP contribution in [-0.4, -0.2) is 11.8 Å². The van der Waals surface area contributed by atoms with Crippen LogP contribution in [0, 0.1) is 26.8 Å². The number of amides is 2. The Balaban J connectivity index is 0.000000166. The number of nitrogens with one attached hydrogen (secondary N) is 2. The van der Waals surface area contributed by atoms with Crippen molar-refractivity contribution in [3.05, 3.63) is 80.4 Å².